The lowest BCUT2D eigenvalue weighted by atomic mass is 10.0. The number of hydrogen-bond acceptors (Lipinski definition) is 6. The highest BCUT2D eigenvalue weighted by atomic mass is 16.5. The first-order valence-electron chi connectivity index (χ1n) is 10.6. The molecule has 7 nitrogen and oxygen atoms in total. The highest BCUT2D eigenvalue weighted by molar-refractivity contribution is 5.64. The van der Waals surface area contributed by atoms with Gasteiger partial charge in [-0.1, -0.05) is 0 Å². The van der Waals surface area contributed by atoms with Crippen molar-refractivity contribution in [2.45, 2.75) is 52.2 Å². The van der Waals surface area contributed by atoms with Gasteiger partial charge in [0.25, 0.3) is 0 Å². The second-order valence-electron chi connectivity index (χ2n) is 7.65. The monoisotopic (exact) mass is 397 g/mol. The molecule has 0 radical (unpaired) electrons. The number of likely N-dealkylation sites (tertiary alicyclic amines) is 1. The Hall–Kier alpha value is -2.54. The first kappa shape index (κ1) is 19.8. The second kappa shape index (κ2) is 8.86. The molecule has 2 aliphatic heterocycles. The molecular weight excluding hydrogens is 366 g/mol. The molecule has 156 valence electrons. The molecular formula is C22H31N5O2. The Morgan fingerprint density at radius 1 is 1.10 bits per heavy atom. The van der Waals surface area contributed by atoms with Crippen LogP contribution in [-0.2, 0) is 19.5 Å². The van der Waals surface area contributed by atoms with Gasteiger partial charge in [-0.15, -0.1) is 0 Å². The number of nitrogens with two attached hydrogens (primary N) is 1. The SMILES string of the molecule is CCOc1cc(CN2CCC(n3cnc4c3CC=NC4)CC2)cc(OCC)c1N. The van der Waals surface area contributed by atoms with E-state index in [1.807, 2.05) is 26.4 Å². The van der Waals surface area contributed by atoms with Gasteiger partial charge in [0, 0.05) is 44.0 Å². The Kier molecular flexibility index (Phi) is 6.04. The van der Waals surface area contributed by atoms with Crippen LogP contribution in [0.4, 0.5) is 5.69 Å². The second-order valence-corrected chi connectivity index (χ2v) is 7.65. The van der Waals surface area contributed by atoms with Crippen LogP contribution in [0.3, 0.4) is 0 Å². The number of imidazole rings is 1. The number of hydrogen-bond donors (Lipinski definition) is 1. The third-order valence-corrected chi connectivity index (χ3v) is 5.76. The molecule has 0 aliphatic carbocycles. The summed E-state index contributed by atoms with van der Waals surface area (Å²) in [4.78, 5) is 11.4. The predicted molar refractivity (Wildman–Crippen MR) is 115 cm³/mol. The molecule has 0 bridgehead atoms. The Balaban J connectivity index is 1.41. The van der Waals surface area contributed by atoms with E-state index in [-0.39, 0.29) is 0 Å². The van der Waals surface area contributed by atoms with Crippen LogP contribution in [0.1, 0.15) is 49.7 Å². The first-order valence-corrected chi connectivity index (χ1v) is 10.6. The van der Waals surface area contributed by atoms with Gasteiger partial charge in [-0.2, -0.15) is 0 Å². The van der Waals surface area contributed by atoms with Crippen molar-refractivity contribution in [1.29, 1.82) is 0 Å². The summed E-state index contributed by atoms with van der Waals surface area (Å²) >= 11 is 0. The normalized spacial score (nSPS) is 17.3. The number of piperidine rings is 1. The first-order chi connectivity index (χ1) is 14.2. The van der Waals surface area contributed by atoms with E-state index in [1.54, 1.807) is 0 Å². The molecule has 2 N–H and O–H groups in total. The lowest BCUT2D eigenvalue weighted by Gasteiger charge is -2.33. The van der Waals surface area contributed by atoms with Crippen molar-refractivity contribution in [3.63, 3.8) is 0 Å². The van der Waals surface area contributed by atoms with E-state index in [0.717, 1.165) is 62.6 Å². The zero-order valence-electron chi connectivity index (χ0n) is 17.4. The maximum Gasteiger partial charge on any atom is 0.146 e. The van der Waals surface area contributed by atoms with Crippen LogP contribution >= 0.6 is 0 Å². The minimum absolute atomic E-state index is 0.526. The molecule has 0 atom stereocenters. The summed E-state index contributed by atoms with van der Waals surface area (Å²) in [6.07, 6.45) is 7.20. The third kappa shape index (κ3) is 4.24. The third-order valence-electron chi connectivity index (χ3n) is 5.76. The fourth-order valence-corrected chi connectivity index (χ4v) is 4.31. The highest BCUT2D eigenvalue weighted by Crippen LogP contribution is 2.35. The number of nitrogens with zero attached hydrogens (tertiary/aromatic N) is 4. The van der Waals surface area contributed by atoms with Crippen LogP contribution in [0.5, 0.6) is 11.5 Å². The Morgan fingerprint density at radius 2 is 1.79 bits per heavy atom. The molecule has 1 aromatic heterocycles. The molecule has 0 spiro atoms. The number of anilines is 1. The predicted octanol–water partition coefficient (Wildman–Crippen LogP) is 3.23. The van der Waals surface area contributed by atoms with Crippen molar-refractivity contribution in [3.8, 4) is 11.5 Å². The summed E-state index contributed by atoms with van der Waals surface area (Å²) in [6.45, 7) is 8.84. The van der Waals surface area contributed by atoms with E-state index in [0.29, 0.717) is 24.9 Å². The van der Waals surface area contributed by atoms with E-state index in [1.165, 1.54) is 11.3 Å². The van der Waals surface area contributed by atoms with Crippen LogP contribution in [0.25, 0.3) is 0 Å². The van der Waals surface area contributed by atoms with Gasteiger partial charge < -0.3 is 19.8 Å². The van der Waals surface area contributed by atoms with Crippen molar-refractivity contribution in [3.05, 3.63) is 35.4 Å². The van der Waals surface area contributed by atoms with E-state index in [2.05, 4.69) is 31.6 Å². The average molecular weight is 398 g/mol. The maximum absolute atomic E-state index is 6.20. The summed E-state index contributed by atoms with van der Waals surface area (Å²) in [5.41, 5.74) is 10.5. The summed E-state index contributed by atoms with van der Waals surface area (Å²) in [6, 6.07) is 4.64. The summed E-state index contributed by atoms with van der Waals surface area (Å²) in [5, 5.41) is 0. The summed E-state index contributed by atoms with van der Waals surface area (Å²) < 4.78 is 13.8. The van der Waals surface area contributed by atoms with Crippen molar-refractivity contribution in [2.75, 3.05) is 32.0 Å². The van der Waals surface area contributed by atoms with Gasteiger partial charge in [-0.25, -0.2) is 4.98 Å². The molecule has 0 unspecified atom stereocenters. The number of nitrogen functional groups attached to an aromatic ring is 1. The summed E-state index contributed by atoms with van der Waals surface area (Å²) in [5.74, 6) is 1.44. The largest absolute Gasteiger partial charge is 0.492 e. The zero-order valence-corrected chi connectivity index (χ0v) is 17.4. The van der Waals surface area contributed by atoms with Gasteiger partial charge in [0.1, 0.15) is 17.2 Å². The minimum Gasteiger partial charge on any atom is -0.492 e. The van der Waals surface area contributed by atoms with Crippen LogP contribution in [0.15, 0.2) is 23.5 Å². The molecule has 4 rings (SSSR count). The lowest BCUT2D eigenvalue weighted by Crippen LogP contribution is -2.34. The number of fused-ring (bicyclic) bond motifs is 1. The molecule has 0 saturated carbocycles. The molecule has 2 aromatic rings. The fraction of sp³-hybridized carbons (Fsp3) is 0.545. The molecule has 1 fully saturated rings. The Bertz CT molecular complexity index is 841. The highest BCUT2D eigenvalue weighted by Gasteiger charge is 2.24. The molecule has 2 aliphatic rings. The Morgan fingerprint density at radius 3 is 2.45 bits per heavy atom. The smallest absolute Gasteiger partial charge is 0.146 e. The molecule has 3 heterocycles. The van der Waals surface area contributed by atoms with Crippen LogP contribution in [-0.4, -0.2) is 47.0 Å². The number of rotatable bonds is 7. The molecule has 29 heavy (non-hydrogen) atoms. The molecule has 0 amide bonds. The number of ether oxygens (including phenoxy) is 2. The van der Waals surface area contributed by atoms with E-state index in [4.69, 9.17) is 15.2 Å². The van der Waals surface area contributed by atoms with Crippen LogP contribution in [0.2, 0.25) is 0 Å². The van der Waals surface area contributed by atoms with Crippen LogP contribution < -0.4 is 15.2 Å². The number of aromatic nitrogens is 2. The van der Waals surface area contributed by atoms with Gasteiger partial charge in [-0.05, 0) is 44.4 Å². The van der Waals surface area contributed by atoms with Gasteiger partial charge in [0.15, 0.2) is 0 Å². The van der Waals surface area contributed by atoms with Crippen molar-refractivity contribution in [1.82, 2.24) is 14.5 Å². The lowest BCUT2D eigenvalue weighted by molar-refractivity contribution is 0.178. The fourth-order valence-electron chi connectivity index (χ4n) is 4.31. The van der Waals surface area contributed by atoms with E-state index in [9.17, 15) is 0 Å². The average Bonchev–Trinajstić information content (AvgIpc) is 3.16. The standard InChI is InChI=1S/C22H31N5O2/c1-3-28-20-11-16(12-21(22(20)23)29-4-2)14-26-9-6-17(7-10-26)27-15-25-18-13-24-8-5-19(18)27/h8,11-12,15,17H,3-7,9-10,13-14,23H2,1-2H3. The maximum atomic E-state index is 6.20. The van der Waals surface area contributed by atoms with Gasteiger partial charge in [0.05, 0.1) is 31.8 Å². The van der Waals surface area contributed by atoms with Crippen LogP contribution in [0, 0.1) is 0 Å². The topological polar surface area (TPSA) is 77.9 Å². The number of benzene rings is 1. The van der Waals surface area contributed by atoms with Crippen molar-refractivity contribution >= 4 is 11.9 Å². The number of aliphatic imine (C=N–C) groups is 1. The quantitative estimate of drug-likeness (QED) is 0.726. The van der Waals surface area contributed by atoms with E-state index >= 15 is 0 Å². The molecule has 7 heteroatoms. The minimum atomic E-state index is 0.526. The van der Waals surface area contributed by atoms with Gasteiger partial charge >= 0.3 is 0 Å². The van der Waals surface area contributed by atoms with Crippen molar-refractivity contribution in [2.24, 2.45) is 4.99 Å². The van der Waals surface area contributed by atoms with Gasteiger partial charge in [0.2, 0.25) is 0 Å². The summed E-state index contributed by atoms with van der Waals surface area (Å²) in [7, 11) is 0. The zero-order chi connectivity index (χ0) is 20.2. The van der Waals surface area contributed by atoms with Crippen molar-refractivity contribution < 1.29 is 9.47 Å². The Labute approximate surface area is 172 Å². The van der Waals surface area contributed by atoms with E-state index < -0.39 is 0 Å². The molecule has 1 saturated heterocycles. The van der Waals surface area contributed by atoms with Gasteiger partial charge in [-0.3, -0.25) is 9.89 Å². The molecule has 1 aromatic carbocycles.